The van der Waals surface area contributed by atoms with Crippen LogP contribution in [0.15, 0.2) is 60.2 Å². The molecule has 0 aliphatic heterocycles. The number of amidine groups is 1. The van der Waals surface area contributed by atoms with Crippen LogP contribution >= 0.6 is 0 Å². The lowest BCUT2D eigenvalue weighted by Gasteiger charge is -2.23. The van der Waals surface area contributed by atoms with Crippen LogP contribution in [-0.4, -0.2) is 59.7 Å². The quantitative estimate of drug-likeness (QED) is 0.102. The van der Waals surface area contributed by atoms with Crippen LogP contribution in [0.25, 0.3) is 0 Å². The Kier molecular flexibility index (Phi) is 8.46. The summed E-state index contributed by atoms with van der Waals surface area (Å²) in [6, 6.07) is -0.352. The van der Waals surface area contributed by atoms with Gasteiger partial charge in [-0.05, 0) is 23.7 Å². The van der Waals surface area contributed by atoms with Crippen molar-refractivity contribution < 1.29 is 19.5 Å². The van der Waals surface area contributed by atoms with Crippen LogP contribution in [0.2, 0.25) is 0 Å². The number of hydroxylamine groups is 1. The van der Waals surface area contributed by atoms with E-state index in [9.17, 15) is 10.0 Å². The highest BCUT2D eigenvalue weighted by Gasteiger charge is 2.25. The number of nitrogens with one attached hydrogen (secondary N) is 3. The van der Waals surface area contributed by atoms with Crippen molar-refractivity contribution in [1.82, 2.24) is 15.5 Å². The molecule has 0 aromatic heterocycles. The molecule has 2 amide bonds. The summed E-state index contributed by atoms with van der Waals surface area (Å²) in [7, 11) is 4.88. The highest BCUT2D eigenvalue weighted by Crippen LogP contribution is 2.21. The molecular formula is C22H32N5O3+. The number of carbonyl (C=O) groups excluding carboxylic acids is 1. The van der Waals surface area contributed by atoms with E-state index in [2.05, 4.69) is 17.2 Å². The molecule has 1 fully saturated rings. The summed E-state index contributed by atoms with van der Waals surface area (Å²) in [5.41, 5.74) is 1.27. The van der Waals surface area contributed by atoms with Gasteiger partial charge in [0, 0.05) is 30.0 Å². The minimum atomic E-state index is -0.755. The van der Waals surface area contributed by atoms with Crippen molar-refractivity contribution >= 4 is 17.6 Å². The van der Waals surface area contributed by atoms with E-state index in [0.717, 1.165) is 12.8 Å². The standard InChI is InChI=1S/C22H31N5O3/c1-5-6-12-21(26(2)3)27(29)22(28)25-19-13-16(18(23)14-20(19)30-4)15-24-17-10-8-7-9-11-17/h5-6,12-15,17H,1,7-11H2,2-4H3,(H3-,23,24,25,28,29)/p+1/b12-6-. The first-order chi connectivity index (χ1) is 14.4. The summed E-state index contributed by atoms with van der Waals surface area (Å²) in [6.07, 6.45) is 15.7. The van der Waals surface area contributed by atoms with Gasteiger partial charge in [-0.1, -0.05) is 38.0 Å². The van der Waals surface area contributed by atoms with Gasteiger partial charge in [0.05, 0.1) is 26.9 Å². The Hall–Kier alpha value is -3.29. The van der Waals surface area contributed by atoms with E-state index >= 15 is 0 Å². The molecule has 2 aliphatic rings. The molecule has 8 nitrogen and oxygen atoms in total. The summed E-state index contributed by atoms with van der Waals surface area (Å²) in [5, 5.41) is 24.6. The van der Waals surface area contributed by atoms with Gasteiger partial charge in [-0.15, -0.1) is 0 Å². The zero-order valence-corrected chi connectivity index (χ0v) is 17.9. The lowest BCUT2D eigenvalue weighted by atomic mass is 9.95. The zero-order chi connectivity index (χ0) is 22.1. The molecule has 0 spiro atoms. The summed E-state index contributed by atoms with van der Waals surface area (Å²) < 4.78 is 5.83. The van der Waals surface area contributed by atoms with Crippen molar-refractivity contribution in [3.63, 3.8) is 0 Å². The molecular weight excluding hydrogens is 382 g/mol. The number of urea groups is 1. The van der Waals surface area contributed by atoms with Crippen molar-refractivity contribution in [1.29, 1.82) is 5.41 Å². The van der Waals surface area contributed by atoms with Crippen LogP contribution < -0.4 is 10.6 Å². The molecule has 4 N–H and O–H groups in total. The number of hydrogen-bond donors (Lipinski definition) is 4. The van der Waals surface area contributed by atoms with Gasteiger partial charge in [0.15, 0.2) is 5.76 Å². The first-order valence-corrected chi connectivity index (χ1v) is 10.0. The SMILES string of the molecule is C=C/C=C\C(N(C)C)=[N+](\O)C(=O)NC1=C/C(=C/NC2CCCCC2)C(=N)C=C1OC. The number of nitrogens with zero attached hydrogens (tertiary/aromatic N) is 2. The maximum Gasteiger partial charge on any atom is 0.478 e. The maximum absolute atomic E-state index is 12.6. The predicted octanol–water partition coefficient (Wildman–Crippen LogP) is 3.05. The van der Waals surface area contributed by atoms with Crippen LogP contribution in [0.5, 0.6) is 0 Å². The summed E-state index contributed by atoms with van der Waals surface area (Å²) in [4.78, 5) is 14.2. The Bertz CT molecular complexity index is 828. The van der Waals surface area contributed by atoms with Crippen LogP contribution in [0.4, 0.5) is 4.79 Å². The van der Waals surface area contributed by atoms with Gasteiger partial charge in [0.1, 0.15) is 5.70 Å². The number of rotatable bonds is 6. The van der Waals surface area contributed by atoms with Crippen LogP contribution in [-0.2, 0) is 4.74 Å². The molecule has 30 heavy (non-hydrogen) atoms. The van der Waals surface area contributed by atoms with E-state index in [1.165, 1.54) is 26.4 Å². The molecule has 2 aliphatic carbocycles. The molecule has 162 valence electrons. The van der Waals surface area contributed by atoms with Crippen molar-refractivity contribution in [2.75, 3.05) is 21.2 Å². The number of amides is 2. The van der Waals surface area contributed by atoms with Crippen LogP contribution in [0.3, 0.4) is 0 Å². The van der Waals surface area contributed by atoms with E-state index in [1.807, 2.05) is 6.20 Å². The maximum atomic E-state index is 12.6. The first kappa shape index (κ1) is 23.0. The number of likely N-dealkylation sites (N-methyl/N-ethyl adjacent to an activating group) is 1. The Morgan fingerprint density at radius 2 is 2.03 bits per heavy atom. The Balaban J connectivity index is 2.24. The number of hydrogen-bond acceptors (Lipinski definition) is 5. The van der Waals surface area contributed by atoms with Crippen molar-refractivity contribution in [3.8, 4) is 0 Å². The predicted molar refractivity (Wildman–Crippen MR) is 118 cm³/mol. The van der Waals surface area contributed by atoms with Crippen molar-refractivity contribution in [3.05, 3.63) is 60.2 Å². The highest BCUT2D eigenvalue weighted by atomic mass is 16.5. The van der Waals surface area contributed by atoms with Gasteiger partial charge < -0.3 is 20.7 Å². The van der Waals surface area contributed by atoms with E-state index in [0.29, 0.717) is 27.8 Å². The molecule has 2 rings (SSSR count). The Morgan fingerprint density at radius 3 is 2.63 bits per heavy atom. The van der Waals surface area contributed by atoms with Crippen molar-refractivity contribution in [2.24, 2.45) is 0 Å². The molecule has 8 heteroatoms. The number of carbonyl (C=O) groups is 1. The minimum absolute atomic E-state index is 0.259. The average Bonchev–Trinajstić information content (AvgIpc) is 2.74. The van der Waals surface area contributed by atoms with Crippen LogP contribution in [0, 0.1) is 5.41 Å². The fraction of sp³-hybridized carbons (Fsp3) is 0.409. The molecule has 0 unspecified atom stereocenters. The van der Waals surface area contributed by atoms with Gasteiger partial charge in [0.2, 0.25) is 0 Å². The molecule has 0 heterocycles. The molecule has 0 bridgehead atoms. The lowest BCUT2D eigenvalue weighted by Crippen LogP contribution is -2.39. The highest BCUT2D eigenvalue weighted by molar-refractivity contribution is 6.10. The molecule has 1 saturated carbocycles. The normalized spacial score (nSPS) is 19.7. The fourth-order valence-electron chi connectivity index (χ4n) is 3.29. The second kappa shape index (κ2) is 11.0. The number of methoxy groups -OCH3 is 1. The third kappa shape index (κ3) is 6.10. The Labute approximate surface area is 178 Å². The van der Waals surface area contributed by atoms with E-state index in [-0.39, 0.29) is 11.5 Å². The third-order valence-corrected chi connectivity index (χ3v) is 4.94. The average molecular weight is 415 g/mol. The van der Waals surface area contributed by atoms with E-state index in [1.54, 1.807) is 49.4 Å². The number of allylic oxidation sites excluding steroid dienone is 5. The molecule has 0 saturated heterocycles. The molecule has 0 aromatic carbocycles. The minimum Gasteiger partial charge on any atom is -0.493 e. The monoisotopic (exact) mass is 414 g/mol. The van der Waals surface area contributed by atoms with E-state index < -0.39 is 6.03 Å². The topological polar surface area (TPSA) is 101 Å². The molecule has 0 aromatic rings. The Morgan fingerprint density at radius 1 is 1.33 bits per heavy atom. The molecule has 0 atom stereocenters. The zero-order valence-electron chi connectivity index (χ0n) is 17.9. The lowest BCUT2D eigenvalue weighted by molar-refractivity contribution is -0.701. The third-order valence-electron chi connectivity index (χ3n) is 4.94. The van der Waals surface area contributed by atoms with Gasteiger partial charge in [-0.25, -0.2) is 10.1 Å². The van der Waals surface area contributed by atoms with Crippen molar-refractivity contribution in [2.45, 2.75) is 38.1 Å². The van der Waals surface area contributed by atoms with Gasteiger partial charge in [0.25, 0.3) is 5.84 Å². The second-order valence-corrected chi connectivity index (χ2v) is 7.38. The largest absolute Gasteiger partial charge is 0.493 e. The van der Waals surface area contributed by atoms with Gasteiger partial charge >= 0.3 is 6.03 Å². The van der Waals surface area contributed by atoms with E-state index in [4.69, 9.17) is 10.1 Å². The molecule has 0 radical (unpaired) electrons. The summed E-state index contributed by atoms with van der Waals surface area (Å²) in [6.45, 7) is 3.59. The first-order valence-electron chi connectivity index (χ1n) is 10.0. The second-order valence-electron chi connectivity index (χ2n) is 7.38. The summed E-state index contributed by atoms with van der Waals surface area (Å²) in [5.74, 6) is 0.596. The smallest absolute Gasteiger partial charge is 0.478 e. The number of ether oxygens (including phenoxy) is 1. The fourth-order valence-corrected chi connectivity index (χ4v) is 3.29. The summed E-state index contributed by atoms with van der Waals surface area (Å²) >= 11 is 0. The van der Waals surface area contributed by atoms with Gasteiger partial charge in [-0.3, -0.25) is 4.90 Å². The van der Waals surface area contributed by atoms with Gasteiger partial charge in [-0.2, -0.15) is 0 Å². The van der Waals surface area contributed by atoms with Crippen LogP contribution in [0.1, 0.15) is 32.1 Å².